The molecule has 1 aliphatic rings. The van der Waals surface area contributed by atoms with Crippen LogP contribution in [0.25, 0.3) is 11.4 Å². The van der Waals surface area contributed by atoms with E-state index in [9.17, 15) is 0 Å². The minimum Gasteiger partial charge on any atom is -0.342 e. The zero-order chi connectivity index (χ0) is 12.9. The van der Waals surface area contributed by atoms with Crippen molar-refractivity contribution in [3.63, 3.8) is 0 Å². The first-order valence-electron chi connectivity index (χ1n) is 6.63. The van der Waals surface area contributed by atoms with Crippen LogP contribution < -0.4 is 0 Å². The smallest absolute Gasteiger partial charge is 0.141 e. The van der Waals surface area contributed by atoms with Crippen LogP contribution in [-0.4, -0.2) is 19.7 Å². The topological polar surface area (TPSA) is 46.5 Å². The van der Waals surface area contributed by atoms with Gasteiger partial charge in [-0.05, 0) is 31.6 Å². The van der Waals surface area contributed by atoms with E-state index in [0.717, 1.165) is 41.8 Å². The van der Waals surface area contributed by atoms with E-state index in [4.69, 9.17) is 4.98 Å². The number of aromatic nitrogens is 4. The Bertz CT molecular complexity index is 551. The number of hydrogen-bond acceptors (Lipinski definition) is 2. The summed E-state index contributed by atoms with van der Waals surface area (Å²) in [7, 11) is 1.95. The molecule has 2 aromatic heterocycles. The lowest BCUT2D eigenvalue weighted by molar-refractivity contribution is 0.355. The van der Waals surface area contributed by atoms with Gasteiger partial charge in [0.05, 0.1) is 17.0 Å². The fraction of sp³-hybridized carbons (Fsp3) is 0.571. The molecule has 2 aromatic rings. The van der Waals surface area contributed by atoms with Crippen molar-refractivity contribution in [2.24, 2.45) is 18.9 Å². The van der Waals surface area contributed by atoms with Crippen molar-refractivity contribution in [2.75, 3.05) is 0 Å². The number of H-pyrrole nitrogens is 1. The second kappa shape index (κ2) is 3.97. The summed E-state index contributed by atoms with van der Waals surface area (Å²) in [5, 5.41) is 4.38. The number of aryl methyl sites for hydroxylation is 2. The quantitative estimate of drug-likeness (QED) is 0.837. The molecule has 1 N–H and O–H groups in total. The Morgan fingerprint density at radius 2 is 2.00 bits per heavy atom. The van der Waals surface area contributed by atoms with Crippen LogP contribution in [0.1, 0.15) is 30.9 Å². The second-order valence-corrected chi connectivity index (χ2v) is 5.68. The van der Waals surface area contributed by atoms with Gasteiger partial charge in [0, 0.05) is 18.9 Å². The molecule has 3 rings (SSSR count). The summed E-state index contributed by atoms with van der Waals surface area (Å²) < 4.78 is 1.84. The maximum Gasteiger partial charge on any atom is 0.141 e. The summed E-state index contributed by atoms with van der Waals surface area (Å²) in [6, 6.07) is 0. The third kappa shape index (κ3) is 1.76. The predicted octanol–water partition coefficient (Wildman–Crippen LogP) is 2.49. The lowest BCUT2D eigenvalue weighted by atomic mass is 9.82. The van der Waals surface area contributed by atoms with Gasteiger partial charge in [-0.1, -0.05) is 13.8 Å². The van der Waals surface area contributed by atoms with Crippen LogP contribution in [0.4, 0.5) is 0 Å². The average Bonchev–Trinajstić information content (AvgIpc) is 2.82. The number of nitrogens with zero attached hydrogens (tertiary/aromatic N) is 3. The van der Waals surface area contributed by atoms with Gasteiger partial charge < -0.3 is 4.98 Å². The highest BCUT2D eigenvalue weighted by atomic mass is 15.3. The standard InChI is InChI=1S/C14H20N4/c1-8-5-12-13(6-9(8)2)16-14(15-12)11-7-18(4)17-10(11)3/h7-9H,5-6H2,1-4H3,(H,15,16). The Morgan fingerprint density at radius 1 is 1.28 bits per heavy atom. The van der Waals surface area contributed by atoms with Crippen molar-refractivity contribution in [3.05, 3.63) is 23.3 Å². The van der Waals surface area contributed by atoms with E-state index in [0.29, 0.717) is 0 Å². The molecule has 0 spiro atoms. The summed E-state index contributed by atoms with van der Waals surface area (Å²) in [5.41, 5.74) is 4.72. The number of fused-ring (bicyclic) bond motifs is 1. The molecule has 0 saturated carbocycles. The Balaban J connectivity index is 2.01. The molecule has 18 heavy (non-hydrogen) atoms. The molecular formula is C14H20N4. The van der Waals surface area contributed by atoms with E-state index in [1.807, 2.05) is 24.9 Å². The molecule has 2 atom stereocenters. The fourth-order valence-corrected chi connectivity index (χ4v) is 2.77. The summed E-state index contributed by atoms with van der Waals surface area (Å²) in [5.74, 6) is 2.44. The van der Waals surface area contributed by atoms with Gasteiger partial charge in [0.25, 0.3) is 0 Å². The van der Waals surface area contributed by atoms with Crippen LogP contribution in [0, 0.1) is 18.8 Å². The highest BCUT2D eigenvalue weighted by molar-refractivity contribution is 5.58. The van der Waals surface area contributed by atoms with Gasteiger partial charge in [-0.2, -0.15) is 5.10 Å². The van der Waals surface area contributed by atoms with E-state index in [-0.39, 0.29) is 0 Å². The van der Waals surface area contributed by atoms with Gasteiger partial charge in [0.2, 0.25) is 0 Å². The maximum atomic E-state index is 4.77. The van der Waals surface area contributed by atoms with Crippen molar-refractivity contribution in [2.45, 2.75) is 33.6 Å². The minimum atomic E-state index is 0.726. The molecule has 4 heteroatoms. The van der Waals surface area contributed by atoms with Crippen LogP contribution in [0.15, 0.2) is 6.20 Å². The van der Waals surface area contributed by atoms with Crippen molar-refractivity contribution in [1.82, 2.24) is 19.7 Å². The highest BCUT2D eigenvalue weighted by Crippen LogP contribution is 2.30. The van der Waals surface area contributed by atoms with E-state index in [2.05, 4.69) is 23.9 Å². The maximum absolute atomic E-state index is 4.77. The number of imidazole rings is 1. The van der Waals surface area contributed by atoms with Crippen LogP contribution in [-0.2, 0) is 19.9 Å². The van der Waals surface area contributed by atoms with Gasteiger partial charge >= 0.3 is 0 Å². The van der Waals surface area contributed by atoms with Crippen LogP contribution >= 0.6 is 0 Å². The first-order chi connectivity index (χ1) is 8.54. The van der Waals surface area contributed by atoms with Gasteiger partial charge in [-0.25, -0.2) is 4.98 Å². The Morgan fingerprint density at radius 3 is 2.67 bits per heavy atom. The van der Waals surface area contributed by atoms with Gasteiger partial charge in [-0.3, -0.25) is 4.68 Å². The molecule has 0 fully saturated rings. The Labute approximate surface area is 107 Å². The molecule has 2 unspecified atom stereocenters. The summed E-state index contributed by atoms with van der Waals surface area (Å²) >= 11 is 0. The normalized spacial score (nSPS) is 23.1. The number of aromatic amines is 1. The second-order valence-electron chi connectivity index (χ2n) is 5.68. The van der Waals surface area contributed by atoms with Crippen molar-refractivity contribution < 1.29 is 0 Å². The van der Waals surface area contributed by atoms with Gasteiger partial charge in [-0.15, -0.1) is 0 Å². The number of rotatable bonds is 1. The lowest BCUT2D eigenvalue weighted by Crippen LogP contribution is -2.20. The lowest BCUT2D eigenvalue weighted by Gasteiger charge is -2.24. The average molecular weight is 244 g/mol. The van der Waals surface area contributed by atoms with E-state index in [1.165, 1.54) is 11.4 Å². The SMILES string of the molecule is Cc1nn(C)cc1-c1nc2c([nH]1)CC(C)C(C)C2. The minimum absolute atomic E-state index is 0.726. The van der Waals surface area contributed by atoms with Crippen LogP contribution in [0.3, 0.4) is 0 Å². The number of hydrogen-bond donors (Lipinski definition) is 1. The van der Waals surface area contributed by atoms with Crippen molar-refractivity contribution in [1.29, 1.82) is 0 Å². The largest absolute Gasteiger partial charge is 0.342 e. The molecule has 4 nitrogen and oxygen atoms in total. The van der Waals surface area contributed by atoms with E-state index in [1.54, 1.807) is 0 Å². The van der Waals surface area contributed by atoms with Crippen LogP contribution in [0.5, 0.6) is 0 Å². The Hall–Kier alpha value is -1.58. The summed E-state index contributed by atoms with van der Waals surface area (Å²) in [4.78, 5) is 8.26. The monoisotopic (exact) mass is 244 g/mol. The molecular weight excluding hydrogens is 224 g/mol. The zero-order valence-electron chi connectivity index (χ0n) is 11.5. The first kappa shape index (κ1) is 11.5. The third-order valence-electron chi connectivity index (χ3n) is 4.15. The predicted molar refractivity (Wildman–Crippen MR) is 71.3 cm³/mol. The Kier molecular flexibility index (Phi) is 2.54. The van der Waals surface area contributed by atoms with E-state index >= 15 is 0 Å². The molecule has 0 aromatic carbocycles. The molecule has 1 aliphatic carbocycles. The van der Waals surface area contributed by atoms with Crippen molar-refractivity contribution in [3.8, 4) is 11.4 Å². The summed E-state index contributed by atoms with van der Waals surface area (Å²) in [6.45, 7) is 6.67. The summed E-state index contributed by atoms with van der Waals surface area (Å²) in [6.07, 6.45) is 4.24. The van der Waals surface area contributed by atoms with Crippen molar-refractivity contribution >= 4 is 0 Å². The highest BCUT2D eigenvalue weighted by Gasteiger charge is 2.25. The molecule has 0 radical (unpaired) electrons. The molecule has 0 aliphatic heterocycles. The molecule has 0 bridgehead atoms. The first-order valence-corrected chi connectivity index (χ1v) is 6.63. The van der Waals surface area contributed by atoms with E-state index < -0.39 is 0 Å². The fourth-order valence-electron chi connectivity index (χ4n) is 2.77. The van der Waals surface area contributed by atoms with Gasteiger partial charge in [0.1, 0.15) is 5.82 Å². The molecule has 96 valence electrons. The van der Waals surface area contributed by atoms with Crippen LogP contribution in [0.2, 0.25) is 0 Å². The van der Waals surface area contributed by atoms with Gasteiger partial charge in [0.15, 0.2) is 0 Å². The molecule has 2 heterocycles. The zero-order valence-corrected chi connectivity index (χ0v) is 11.5. The number of nitrogens with one attached hydrogen (secondary N) is 1. The molecule has 0 saturated heterocycles. The third-order valence-corrected chi connectivity index (χ3v) is 4.15. The molecule has 0 amide bonds.